The van der Waals surface area contributed by atoms with Crippen molar-refractivity contribution in [3.8, 4) is 0 Å². The smallest absolute Gasteiger partial charge is 0.408 e. The zero-order valence-electron chi connectivity index (χ0n) is 18.0. The number of nitrogens with one attached hydrogen (secondary N) is 3. The van der Waals surface area contributed by atoms with E-state index in [2.05, 4.69) is 20.9 Å². The van der Waals surface area contributed by atoms with E-state index in [-0.39, 0.29) is 36.3 Å². The largest absolute Gasteiger partial charge is 0.444 e. The molecule has 0 saturated heterocycles. The zero-order valence-corrected chi connectivity index (χ0v) is 20.3. The van der Waals surface area contributed by atoms with Gasteiger partial charge in [0.2, 0.25) is 0 Å². The van der Waals surface area contributed by atoms with Gasteiger partial charge in [-0.1, -0.05) is 12.1 Å². The highest BCUT2D eigenvalue weighted by molar-refractivity contribution is 14.0. The minimum atomic E-state index is -0.808. The summed E-state index contributed by atoms with van der Waals surface area (Å²) in [5.41, 5.74) is -0.590. The van der Waals surface area contributed by atoms with Gasteiger partial charge in [-0.3, -0.25) is 4.99 Å². The second-order valence-corrected chi connectivity index (χ2v) is 8.15. The number of amides is 1. The van der Waals surface area contributed by atoms with Crippen molar-refractivity contribution in [2.24, 2.45) is 4.99 Å². The molecule has 1 amide bonds. The van der Waals surface area contributed by atoms with Gasteiger partial charge in [0.15, 0.2) is 5.96 Å². The Morgan fingerprint density at radius 1 is 1.17 bits per heavy atom. The van der Waals surface area contributed by atoms with E-state index in [0.717, 1.165) is 0 Å². The predicted molar refractivity (Wildman–Crippen MR) is 124 cm³/mol. The standard InChI is InChI=1S/C20H33FN4O3.HI/c1-7-22-17(23-12-16(26)14-8-10-15(21)11-9-14)24-13-20(5,6)25-18(27)28-19(2,3)4;/h8-11,16,26H,7,12-13H2,1-6H3,(H,25,27)(H2,22,23,24);1H. The Labute approximate surface area is 189 Å². The average molecular weight is 524 g/mol. The fraction of sp³-hybridized carbons (Fsp3) is 0.600. The zero-order chi connectivity index (χ0) is 21.4. The van der Waals surface area contributed by atoms with Crippen LogP contribution in [0.15, 0.2) is 29.3 Å². The Balaban J connectivity index is 0.00000784. The lowest BCUT2D eigenvalue weighted by Gasteiger charge is -2.27. The Bertz CT molecular complexity index is 661. The minimum Gasteiger partial charge on any atom is -0.444 e. The Hall–Kier alpha value is -1.62. The molecule has 4 N–H and O–H groups in total. The number of aliphatic hydroxyl groups excluding tert-OH is 1. The van der Waals surface area contributed by atoms with E-state index in [1.165, 1.54) is 12.1 Å². The maximum absolute atomic E-state index is 13.0. The number of aliphatic imine (C=N–C) groups is 1. The molecule has 0 bridgehead atoms. The van der Waals surface area contributed by atoms with Crippen LogP contribution in [0.5, 0.6) is 0 Å². The van der Waals surface area contributed by atoms with Crippen LogP contribution in [0.4, 0.5) is 9.18 Å². The van der Waals surface area contributed by atoms with Crippen molar-refractivity contribution in [1.82, 2.24) is 16.0 Å². The fourth-order valence-corrected chi connectivity index (χ4v) is 2.23. The SMILES string of the molecule is CCNC(=NCC(C)(C)NC(=O)OC(C)(C)C)NCC(O)c1ccc(F)cc1.I. The van der Waals surface area contributed by atoms with Crippen molar-refractivity contribution < 1.29 is 19.0 Å². The summed E-state index contributed by atoms with van der Waals surface area (Å²) in [5.74, 6) is 0.154. The third-order valence-electron chi connectivity index (χ3n) is 3.53. The predicted octanol–water partition coefficient (Wildman–Crippen LogP) is 3.34. The molecule has 0 fully saturated rings. The van der Waals surface area contributed by atoms with Gasteiger partial charge in [0.1, 0.15) is 11.4 Å². The van der Waals surface area contributed by atoms with Crippen LogP contribution in [0.2, 0.25) is 0 Å². The molecule has 9 heteroatoms. The number of aliphatic hydroxyl groups is 1. The van der Waals surface area contributed by atoms with Crippen molar-refractivity contribution in [3.05, 3.63) is 35.6 Å². The van der Waals surface area contributed by atoms with E-state index in [0.29, 0.717) is 24.6 Å². The van der Waals surface area contributed by atoms with Crippen LogP contribution in [0.1, 0.15) is 53.2 Å². The summed E-state index contributed by atoms with van der Waals surface area (Å²) in [5, 5.41) is 19.2. The van der Waals surface area contributed by atoms with Gasteiger partial charge in [-0.15, -0.1) is 24.0 Å². The number of guanidine groups is 1. The summed E-state index contributed by atoms with van der Waals surface area (Å²) in [7, 11) is 0. The van der Waals surface area contributed by atoms with Gasteiger partial charge in [-0.05, 0) is 59.2 Å². The number of carbonyl (C=O) groups is 1. The monoisotopic (exact) mass is 524 g/mol. The molecule has 166 valence electrons. The molecule has 0 aliphatic rings. The normalized spacial score (nSPS) is 13.2. The molecule has 0 spiro atoms. The third kappa shape index (κ3) is 11.8. The molecule has 7 nitrogen and oxygen atoms in total. The molecule has 0 saturated carbocycles. The number of halogens is 2. The topological polar surface area (TPSA) is 95.0 Å². The lowest BCUT2D eigenvalue weighted by Crippen LogP contribution is -2.49. The molecule has 1 atom stereocenters. The number of ether oxygens (including phenoxy) is 1. The number of nitrogens with zero attached hydrogens (tertiary/aromatic N) is 1. The van der Waals surface area contributed by atoms with Crippen LogP contribution in [-0.2, 0) is 4.74 Å². The number of benzene rings is 1. The maximum Gasteiger partial charge on any atom is 0.408 e. The van der Waals surface area contributed by atoms with Gasteiger partial charge in [0.25, 0.3) is 0 Å². The van der Waals surface area contributed by atoms with Crippen LogP contribution < -0.4 is 16.0 Å². The van der Waals surface area contributed by atoms with E-state index in [9.17, 15) is 14.3 Å². The number of carbonyl (C=O) groups excluding carboxylic acids is 1. The molecule has 29 heavy (non-hydrogen) atoms. The van der Waals surface area contributed by atoms with Crippen molar-refractivity contribution in [2.75, 3.05) is 19.6 Å². The van der Waals surface area contributed by atoms with E-state index >= 15 is 0 Å². The van der Waals surface area contributed by atoms with E-state index < -0.39 is 23.3 Å². The number of rotatable bonds is 7. The lowest BCUT2D eigenvalue weighted by atomic mass is 10.1. The van der Waals surface area contributed by atoms with Gasteiger partial charge < -0.3 is 25.8 Å². The molecular weight excluding hydrogens is 490 g/mol. The Morgan fingerprint density at radius 3 is 2.28 bits per heavy atom. The first-order valence-corrected chi connectivity index (χ1v) is 9.39. The summed E-state index contributed by atoms with van der Waals surface area (Å²) in [6.07, 6.45) is -1.31. The molecule has 0 aliphatic carbocycles. The van der Waals surface area contributed by atoms with Crippen LogP contribution in [0.25, 0.3) is 0 Å². The average Bonchev–Trinajstić information content (AvgIpc) is 2.55. The highest BCUT2D eigenvalue weighted by atomic mass is 127. The highest BCUT2D eigenvalue weighted by Crippen LogP contribution is 2.12. The van der Waals surface area contributed by atoms with Gasteiger partial charge in [0, 0.05) is 13.1 Å². The molecule has 1 rings (SSSR count). The molecule has 0 heterocycles. The summed E-state index contributed by atoms with van der Waals surface area (Å²) >= 11 is 0. The van der Waals surface area contributed by atoms with Crippen molar-refractivity contribution in [2.45, 2.75) is 58.8 Å². The van der Waals surface area contributed by atoms with Crippen LogP contribution in [-0.4, -0.2) is 47.9 Å². The quantitative estimate of drug-likeness (QED) is 0.250. The van der Waals surface area contributed by atoms with Crippen molar-refractivity contribution in [3.63, 3.8) is 0 Å². The van der Waals surface area contributed by atoms with Crippen LogP contribution in [0, 0.1) is 5.82 Å². The first-order chi connectivity index (χ1) is 12.9. The fourth-order valence-electron chi connectivity index (χ4n) is 2.23. The van der Waals surface area contributed by atoms with E-state index in [1.807, 2.05) is 20.8 Å². The molecule has 1 aromatic carbocycles. The van der Waals surface area contributed by atoms with Gasteiger partial charge >= 0.3 is 6.09 Å². The van der Waals surface area contributed by atoms with Gasteiger partial charge in [-0.25, -0.2) is 9.18 Å². The van der Waals surface area contributed by atoms with E-state index in [1.54, 1.807) is 32.9 Å². The summed E-state index contributed by atoms with van der Waals surface area (Å²) < 4.78 is 18.3. The third-order valence-corrected chi connectivity index (χ3v) is 3.53. The highest BCUT2D eigenvalue weighted by Gasteiger charge is 2.24. The number of hydrogen-bond donors (Lipinski definition) is 4. The van der Waals surface area contributed by atoms with Gasteiger partial charge in [0.05, 0.1) is 18.2 Å². The lowest BCUT2D eigenvalue weighted by molar-refractivity contribution is 0.0476. The van der Waals surface area contributed by atoms with E-state index in [4.69, 9.17) is 4.74 Å². The minimum absolute atomic E-state index is 0. The molecule has 1 unspecified atom stereocenters. The Kier molecular flexibility index (Phi) is 11.5. The summed E-state index contributed by atoms with van der Waals surface area (Å²) in [4.78, 5) is 16.4. The summed E-state index contributed by atoms with van der Waals surface area (Å²) in [6, 6.07) is 5.70. The first-order valence-electron chi connectivity index (χ1n) is 9.39. The maximum atomic E-state index is 13.0. The second-order valence-electron chi connectivity index (χ2n) is 8.15. The molecule has 0 radical (unpaired) electrons. The molecular formula is C20H34FIN4O3. The number of alkyl carbamates (subject to hydrolysis) is 1. The molecule has 0 aromatic heterocycles. The number of hydrogen-bond acceptors (Lipinski definition) is 4. The van der Waals surface area contributed by atoms with Gasteiger partial charge in [-0.2, -0.15) is 0 Å². The molecule has 1 aromatic rings. The Morgan fingerprint density at radius 2 is 1.76 bits per heavy atom. The van der Waals surface area contributed by atoms with Crippen molar-refractivity contribution >= 4 is 36.0 Å². The van der Waals surface area contributed by atoms with Crippen molar-refractivity contribution in [1.29, 1.82) is 0 Å². The van der Waals surface area contributed by atoms with Crippen LogP contribution in [0.3, 0.4) is 0 Å². The first kappa shape index (κ1) is 27.4. The molecule has 0 aliphatic heterocycles. The van der Waals surface area contributed by atoms with Crippen LogP contribution >= 0.6 is 24.0 Å². The second kappa shape index (κ2) is 12.2. The summed E-state index contributed by atoms with van der Waals surface area (Å²) in [6.45, 7) is 12.2.